The number of sulfonamides is 1. The summed E-state index contributed by atoms with van der Waals surface area (Å²) in [7, 11) is -1.67. The third-order valence-electron chi connectivity index (χ3n) is 5.32. The van der Waals surface area contributed by atoms with Crippen LogP contribution in [0.25, 0.3) is 0 Å². The first-order chi connectivity index (χ1) is 11.8. The molecule has 0 unspecified atom stereocenters. The number of aromatic nitrogens is 2. The Morgan fingerprint density at radius 3 is 2.60 bits per heavy atom. The molecule has 2 aliphatic rings. The van der Waals surface area contributed by atoms with E-state index in [4.69, 9.17) is 4.74 Å². The summed E-state index contributed by atoms with van der Waals surface area (Å²) in [6.07, 6.45) is 3.63. The number of ether oxygens (including phenoxy) is 1. The van der Waals surface area contributed by atoms with Crippen LogP contribution in [0.4, 0.5) is 0 Å². The van der Waals surface area contributed by atoms with Crippen LogP contribution >= 0.6 is 11.5 Å². The lowest BCUT2D eigenvalue weighted by atomic mass is 9.76. The Morgan fingerprint density at radius 1 is 1.40 bits per heavy atom. The van der Waals surface area contributed by atoms with E-state index in [-0.39, 0.29) is 17.4 Å². The van der Waals surface area contributed by atoms with E-state index in [0.717, 1.165) is 24.1 Å². The molecule has 1 aromatic heterocycles. The Hall–Kier alpha value is -1.10. The van der Waals surface area contributed by atoms with Gasteiger partial charge in [0.2, 0.25) is 10.0 Å². The number of rotatable bonds is 4. The minimum atomic E-state index is -3.26. The molecular formula is C15H24N4O4S2. The smallest absolute Gasteiger partial charge is 0.275 e. The molecule has 8 nitrogen and oxygen atoms in total. The van der Waals surface area contributed by atoms with E-state index in [0.29, 0.717) is 31.9 Å². The van der Waals surface area contributed by atoms with Crippen LogP contribution in [0.2, 0.25) is 0 Å². The van der Waals surface area contributed by atoms with Gasteiger partial charge in [-0.1, -0.05) is 4.49 Å². The molecule has 1 aromatic rings. The van der Waals surface area contributed by atoms with Gasteiger partial charge in [0.25, 0.3) is 5.91 Å². The van der Waals surface area contributed by atoms with E-state index in [1.54, 1.807) is 11.4 Å². The van der Waals surface area contributed by atoms with Crippen LogP contribution < -0.4 is 0 Å². The number of likely N-dealkylation sites (tertiary alicyclic amines) is 1. The summed E-state index contributed by atoms with van der Waals surface area (Å²) in [6.45, 7) is 4.00. The first-order valence-electron chi connectivity index (χ1n) is 8.30. The van der Waals surface area contributed by atoms with Crippen molar-refractivity contribution < 1.29 is 17.9 Å². The van der Waals surface area contributed by atoms with E-state index in [2.05, 4.69) is 9.59 Å². The molecule has 10 heteroatoms. The first kappa shape index (κ1) is 18.7. The molecule has 1 atom stereocenters. The van der Waals surface area contributed by atoms with Crippen LogP contribution in [0.15, 0.2) is 0 Å². The third kappa shape index (κ3) is 3.71. The fourth-order valence-electron chi connectivity index (χ4n) is 3.97. The van der Waals surface area contributed by atoms with Crippen molar-refractivity contribution in [3.63, 3.8) is 0 Å². The second kappa shape index (κ2) is 6.90. The molecule has 0 aliphatic carbocycles. The molecule has 25 heavy (non-hydrogen) atoms. The van der Waals surface area contributed by atoms with Gasteiger partial charge in [0, 0.05) is 32.8 Å². The Kier molecular flexibility index (Phi) is 5.16. The number of amides is 1. The Morgan fingerprint density at radius 2 is 2.08 bits per heavy atom. The number of carbonyl (C=O) groups excluding carboxylic acids is 1. The number of hydrogen-bond acceptors (Lipinski definition) is 7. The molecule has 0 aromatic carbocycles. The fraction of sp³-hybridized carbons (Fsp3) is 0.800. The van der Waals surface area contributed by atoms with Gasteiger partial charge in [-0.05, 0) is 43.1 Å². The highest BCUT2D eigenvalue weighted by Crippen LogP contribution is 2.44. The average Bonchev–Trinajstić information content (AvgIpc) is 3.12. The van der Waals surface area contributed by atoms with Crippen molar-refractivity contribution in [2.75, 3.05) is 39.6 Å². The zero-order valence-electron chi connectivity index (χ0n) is 14.8. The van der Waals surface area contributed by atoms with Gasteiger partial charge in [-0.25, -0.2) is 8.42 Å². The highest BCUT2D eigenvalue weighted by Gasteiger charge is 2.49. The minimum Gasteiger partial charge on any atom is -0.383 e. The van der Waals surface area contributed by atoms with Gasteiger partial charge in [0.05, 0.1) is 17.7 Å². The van der Waals surface area contributed by atoms with Crippen molar-refractivity contribution >= 4 is 27.5 Å². The normalized spacial score (nSPS) is 24.1. The monoisotopic (exact) mass is 388 g/mol. The van der Waals surface area contributed by atoms with Crippen molar-refractivity contribution in [1.29, 1.82) is 0 Å². The lowest BCUT2D eigenvalue weighted by Crippen LogP contribution is -2.45. The zero-order chi connectivity index (χ0) is 18.2. The minimum absolute atomic E-state index is 0.0710. The maximum atomic E-state index is 12.6. The molecule has 0 radical (unpaired) electrons. The predicted octanol–water partition coefficient (Wildman–Crippen LogP) is 0.749. The second-order valence-corrected chi connectivity index (χ2v) is 9.98. The molecule has 1 spiro atoms. The van der Waals surface area contributed by atoms with Crippen molar-refractivity contribution in [1.82, 2.24) is 18.8 Å². The Labute approximate surface area is 152 Å². The molecule has 3 heterocycles. The van der Waals surface area contributed by atoms with Gasteiger partial charge in [-0.15, -0.1) is 5.10 Å². The van der Waals surface area contributed by atoms with E-state index in [9.17, 15) is 13.2 Å². The quantitative estimate of drug-likeness (QED) is 0.756. The maximum Gasteiger partial charge on any atom is 0.275 e. The van der Waals surface area contributed by atoms with Crippen molar-refractivity contribution in [3.8, 4) is 0 Å². The predicted molar refractivity (Wildman–Crippen MR) is 94.0 cm³/mol. The number of aryl methyl sites for hydroxylation is 1. The molecule has 2 saturated heterocycles. The highest BCUT2D eigenvalue weighted by molar-refractivity contribution is 7.88. The van der Waals surface area contributed by atoms with Gasteiger partial charge >= 0.3 is 0 Å². The van der Waals surface area contributed by atoms with Crippen LogP contribution in [0.3, 0.4) is 0 Å². The van der Waals surface area contributed by atoms with Crippen LogP contribution in [0.5, 0.6) is 0 Å². The molecule has 2 fully saturated rings. The molecule has 140 valence electrons. The number of carbonyl (C=O) groups is 1. The van der Waals surface area contributed by atoms with Gasteiger partial charge in [-0.3, -0.25) is 4.79 Å². The summed E-state index contributed by atoms with van der Waals surface area (Å²) in [5, 5.41) is 3.93. The molecule has 0 saturated carbocycles. The molecule has 3 rings (SSSR count). The average molecular weight is 389 g/mol. The van der Waals surface area contributed by atoms with Crippen molar-refractivity contribution in [3.05, 3.63) is 10.6 Å². The van der Waals surface area contributed by atoms with Crippen LogP contribution in [0.1, 0.15) is 34.6 Å². The Balaban J connectivity index is 1.69. The SMILES string of the molecule is COC[C@H]1CC2(CCN(C(=O)c3nnsc3C)CC2)CN1S(C)(=O)=O. The van der Waals surface area contributed by atoms with Gasteiger partial charge in [0.15, 0.2) is 5.69 Å². The number of piperidine rings is 1. The van der Waals surface area contributed by atoms with E-state index < -0.39 is 10.0 Å². The largest absolute Gasteiger partial charge is 0.383 e. The summed E-state index contributed by atoms with van der Waals surface area (Å²) in [6, 6.07) is -0.118. The lowest BCUT2D eigenvalue weighted by Gasteiger charge is -2.39. The van der Waals surface area contributed by atoms with E-state index >= 15 is 0 Å². The zero-order valence-corrected chi connectivity index (χ0v) is 16.4. The van der Waals surface area contributed by atoms with Gasteiger partial charge < -0.3 is 9.64 Å². The molecule has 0 N–H and O–H groups in total. The first-order valence-corrected chi connectivity index (χ1v) is 10.9. The molecule has 2 aliphatic heterocycles. The third-order valence-corrected chi connectivity index (χ3v) is 7.23. The summed E-state index contributed by atoms with van der Waals surface area (Å²) >= 11 is 1.23. The van der Waals surface area contributed by atoms with Crippen LogP contribution in [-0.4, -0.2) is 78.8 Å². The number of methoxy groups -OCH3 is 1. The van der Waals surface area contributed by atoms with Crippen molar-refractivity contribution in [2.24, 2.45) is 5.41 Å². The lowest BCUT2D eigenvalue weighted by molar-refractivity contribution is 0.0588. The summed E-state index contributed by atoms with van der Waals surface area (Å²) in [5.74, 6) is -0.0764. The molecule has 0 bridgehead atoms. The number of nitrogens with zero attached hydrogens (tertiary/aromatic N) is 4. The second-order valence-electron chi connectivity index (χ2n) is 7.09. The topological polar surface area (TPSA) is 92.7 Å². The number of hydrogen-bond donors (Lipinski definition) is 0. The Bertz CT molecular complexity index is 740. The summed E-state index contributed by atoms with van der Waals surface area (Å²) < 4.78 is 34.8. The van der Waals surface area contributed by atoms with Crippen LogP contribution in [-0.2, 0) is 14.8 Å². The van der Waals surface area contributed by atoms with Crippen LogP contribution in [0, 0.1) is 12.3 Å². The molecule has 1 amide bonds. The van der Waals surface area contributed by atoms with Crippen molar-refractivity contribution in [2.45, 2.75) is 32.2 Å². The highest BCUT2D eigenvalue weighted by atomic mass is 32.2. The van der Waals surface area contributed by atoms with Gasteiger partial charge in [0.1, 0.15) is 0 Å². The fourth-order valence-corrected chi connectivity index (χ4v) is 5.62. The van der Waals surface area contributed by atoms with E-state index in [1.165, 1.54) is 17.8 Å². The van der Waals surface area contributed by atoms with E-state index in [1.807, 2.05) is 11.8 Å². The summed E-state index contributed by atoms with van der Waals surface area (Å²) in [5.41, 5.74) is 0.362. The maximum absolute atomic E-state index is 12.6. The molecular weight excluding hydrogens is 364 g/mol. The standard InChI is InChI=1S/C15H24N4O4S2/c1-11-13(16-17-24-11)14(20)18-6-4-15(5-7-18)8-12(9-23-2)19(10-15)25(3,21)22/h12H,4-10H2,1-3H3/t12-/m1/s1. The summed E-state index contributed by atoms with van der Waals surface area (Å²) in [4.78, 5) is 15.2. The van der Waals surface area contributed by atoms with Gasteiger partial charge in [-0.2, -0.15) is 4.31 Å².